The Morgan fingerprint density at radius 1 is 0.917 bits per heavy atom. The van der Waals surface area contributed by atoms with Crippen LogP contribution in [0, 0.1) is 25.2 Å². The molecular weight excluding hydrogens is 294 g/mol. The van der Waals surface area contributed by atoms with Gasteiger partial charge >= 0.3 is 0 Å². The number of nitriles is 1. The molecule has 0 aliphatic rings. The van der Waals surface area contributed by atoms with Crippen LogP contribution in [-0.4, -0.2) is 9.97 Å². The van der Waals surface area contributed by atoms with Crippen LogP contribution in [0.5, 0.6) is 0 Å². The summed E-state index contributed by atoms with van der Waals surface area (Å²) in [6.07, 6.45) is 3.32. The summed E-state index contributed by atoms with van der Waals surface area (Å²) in [6, 6.07) is 18.1. The Morgan fingerprint density at radius 3 is 2.29 bits per heavy atom. The SMILES string of the molecule is Cc1cccc(C)c1Cc1ccnc(Cc2ccc(C#N)cc2)n1. The standard InChI is InChI=1S/C21H19N3/c1-15-4-3-5-16(2)20(15)13-19-10-11-23-21(24-19)12-17-6-8-18(14-22)9-7-17/h3-11H,12-13H2,1-2H3. The maximum atomic E-state index is 8.86. The number of hydrogen-bond acceptors (Lipinski definition) is 3. The molecule has 0 amide bonds. The van der Waals surface area contributed by atoms with E-state index in [-0.39, 0.29) is 0 Å². The van der Waals surface area contributed by atoms with Gasteiger partial charge in [0, 0.05) is 24.7 Å². The molecule has 0 saturated carbocycles. The molecule has 0 radical (unpaired) electrons. The first-order valence-electron chi connectivity index (χ1n) is 8.00. The number of hydrogen-bond donors (Lipinski definition) is 0. The Balaban J connectivity index is 1.80. The van der Waals surface area contributed by atoms with Gasteiger partial charge in [0.15, 0.2) is 0 Å². The molecule has 3 nitrogen and oxygen atoms in total. The highest BCUT2D eigenvalue weighted by Crippen LogP contribution is 2.17. The van der Waals surface area contributed by atoms with Gasteiger partial charge in [-0.3, -0.25) is 0 Å². The Kier molecular flexibility index (Phi) is 4.67. The van der Waals surface area contributed by atoms with Crippen molar-refractivity contribution in [2.24, 2.45) is 0 Å². The van der Waals surface area contributed by atoms with Crippen molar-refractivity contribution in [3.8, 4) is 6.07 Å². The molecule has 0 spiro atoms. The van der Waals surface area contributed by atoms with E-state index in [9.17, 15) is 0 Å². The van der Waals surface area contributed by atoms with Crippen molar-refractivity contribution in [1.29, 1.82) is 5.26 Å². The molecule has 2 aromatic carbocycles. The van der Waals surface area contributed by atoms with Crippen molar-refractivity contribution in [3.05, 3.63) is 94.1 Å². The van der Waals surface area contributed by atoms with E-state index in [4.69, 9.17) is 10.2 Å². The van der Waals surface area contributed by atoms with E-state index < -0.39 is 0 Å². The van der Waals surface area contributed by atoms with E-state index in [2.05, 4.69) is 43.1 Å². The molecule has 3 heteroatoms. The predicted molar refractivity (Wildman–Crippen MR) is 94.7 cm³/mol. The lowest BCUT2D eigenvalue weighted by atomic mass is 9.98. The number of benzene rings is 2. The first-order chi connectivity index (χ1) is 11.7. The quantitative estimate of drug-likeness (QED) is 0.727. The first kappa shape index (κ1) is 15.9. The minimum atomic E-state index is 0.670. The predicted octanol–water partition coefficient (Wildman–Crippen LogP) is 4.15. The maximum Gasteiger partial charge on any atom is 0.132 e. The lowest BCUT2D eigenvalue weighted by Crippen LogP contribution is -2.02. The zero-order valence-corrected chi connectivity index (χ0v) is 14.0. The molecule has 0 saturated heterocycles. The lowest BCUT2D eigenvalue weighted by molar-refractivity contribution is 0.912. The Morgan fingerprint density at radius 2 is 1.62 bits per heavy atom. The van der Waals surface area contributed by atoms with Gasteiger partial charge in [-0.05, 0) is 54.3 Å². The third-order valence-corrected chi connectivity index (χ3v) is 4.21. The maximum absolute atomic E-state index is 8.86. The van der Waals surface area contributed by atoms with Gasteiger partial charge in [0.1, 0.15) is 5.82 Å². The highest BCUT2D eigenvalue weighted by atomic mass is 14.9. The zero-order chi connectivity index (χ0) is 16.9. The topological polar surface area (TPSA) is 49.6 Å². The Hall–Kier alpha value is -2.99. The molecule has 0 aliphatic heterocycles. The molecule has 0 unspecified atom stereocenters. The summed E-state index contributed by atoms with van der Waals surface area (Å²) in [5.74, 6) is 0.809. The summed E-state index contributed by atoms with van der Waals surface area (Å²) in [6.45, 7) is 4.28. The number of aromatic nitrogens is 2. The molecule has 3 aromatic rings. The van der Waals surface area contributed by atoms with Crippen molar-refractivity contribution in [2.45, 2.75) is 26.7 Å². The van der Waals surface area contributed by atoms with E-state index in [1.54, 1.807) is 0 Å². The molecular formula is C21H19N3. The second-order valence-corrected chi connectivity index (χ2v) is 6.00. The number of rotatable bonds is 4. The first-order valence-corrected chi connectivity index (χ1v) is 8.00. The van der Waals surface area contributed by atoms with E-state index in [0.717, 1.165) is 23.5 Å². The second-order valence-electron chi connectivity index (χ2n) is 6.00. The molecule has 118 valence electrons. The Bertz CT molecular complexity index is 869. The third-order valence-electron chi connectivity index (χ3n) is 4.21. The summed E-state index contributed by atoms with van der Waals surface area (Å²) < 4.78 is 0. The van der Waals surface area contributed by atoms with Gasteiger partial charge in [-0.15, -0.1) is 0 Å². The van der Waals surface area contributed by atoms with Crippen LogP contribution in [0.25, 0.3) is 0 Å². The number of aryl methyl sites for hydroxylation is 2. The van der Waals surface area contributed by atoms with Crippen LogP contribution in [0.4, 0.5) is 0 Å². The van der Waals surface area contributed by atoms with E-state index in [0.29, 0.717) is 12.0 Å². The molecule has 0 bridgehead atoms. The third kappa shape index (κ3) is 3.67. The Labute approximate surface area is 142 Å². The molecule has 24 heavy (non-hydrogen) atoms. The van der Waals surface area contributed by atoms with Crippen LogP contribution in [0.3, 0.4) is 0 Å². The molecule has 1 heterocycles. The fourth-order valence-corrected chi connectivity index (χ4v) is 2.81. The van der Waals surface area contributed by atoms with Gasteiger partial charge in [-0.25, -0.2) is 9.97 Å². The van der Waals surface area contributed by atoms with Crippen molar-refractivity contribution < 1.29 is 0 Å². The fourth-order valence-electron chi connectivity index (χ4n) is 2.81. The summed E-state index contributed by atoms with van der Waals surface area (Å²) in [5, 5.41) is 8.86. The molecule has 1 aromatic heterocycles. The van der Waals surface area contributed by atoms with Gasteiger partial charge in [-0.2, -0.15) is 5.26 Å². The number of nitrogens with zero attached hydrogens (tertiary/aromatic N) is 3. The van der Waals surface area contributed by atoms with Crippen LogP contribution in [0.2, 0.25) is 0 Å². The average Bonchev–Trinajstić information content (AvgIpc) is 2.59. The van der Waals surface area contributed by atoms with E-state index >= 15 is 0 Å². The molecule has 0 aliphatic carbocycles. The van der Waals surface area contributed by atoms with Crippen LogP contribution in [0.15, 0.2) is 54.7 Å². The monoisotopic (exact) mass is 313 g/mol. The fraction of sp³-hybridized carbons (Fsp3) is 0.190. The summed E-state index contributed by atoms with van der Waals surface area (Å²) in [4.78, 5) is 9.10. The highest BCUT2D eigenvalue weighted by molar-refractivity contribution is 5.36. The van der Waals surface area contributed by atoms with Gasteiger partial charge < -0.3 is 0 Å². The van der Waals surface area contributed by atoms with E-state index in [1.165, 1.54) is 16.7 Å². The van der Waals surface area contributed by atoms with Crippen LogP contribution >= 0.6 is 0 Å². The summed E-state index contributed by atoms with van der Waals surface area (Å²) >= 11 is 0. The van der Waals surface area contributed by atoms with Crippen molar-refractivity contribution in [2.75, 3.05) is 0 Å². The van der Waals surface area contributed by atoms with Crippen molar-refractivity contribution in [1.82, 2.24) is 9.97 Å². The molecule has 0 atom stereocenters. The molecule has 0 fully saturated rings. The minimum Gasteiger partial charge on any atom is -0.241 e. The van der Waals surface area contributed by atoms with Crippen LogP contribution in [-0.2, 0) is 12.8 Å². The summed E-state index contributed by atoms with van der Waals surface area (Å²) in [5.41, 5.74) is 6.73. The van der Waals surface area contributed by atoms with Gasteiger partial charge in [0.2, 0.25) is 0 Å². The van der Waals surface area contributed by atoms with Crippen LogP contribution < -0.4 is 0 Å². The minimum absolute atomic E-state index is 0.670. The largest absolute Gasteiger partial charge is 0.241 e. The molecule has 0 N–H and O–H groups in total. The zero-order valence-electron chi connectivity index (χ0n) is 14.0. The van der Waals surface area contributed by atoms with Crippen molar-refractivity contribution >= 4 is 0 Å². The normalized spacial score (nSPS) is 10.4. The summed E-state index contributed by atoms with van der Waals surface area (Å²) in [7, 11) is 0. The highest BCUT2D eigenvalue weighted by Gasteiger charge is 2.07. The molecule has 3 rings (SSSR count). The second kappa shape index (κ2) is 7.06. The van der Waals surface area contributed by atoms with Crippen molar-refractivity contribution in [3.63, 3.8) is 0 Å². The van der Waals surface area contributed by atoms with Gasteiger partial charge in [0.05, 0.1) is 11.6 Å². The van der Waals surface area contributed by atoms with Gasteiger partial charge in [-0.1, -0.05) is 30.3 Å². The van der Waals surface area contributed by atoms with Crippen LogP contribution in [0.1, 0.15) is 39.3 Å². The van der Waals surface area contributed by atoms with Gasteiger partial charge in [0.25, 0.3) is 0 Å². The lowest BCUT2D eigenvalue weighted by Gasteiger charge is -2.10. The van der Waals surface area contributed by atoms with E-state index in [1.807, 2.05) is 36.5 Å². The smallest absolute Gasteiger partial charge is 0.132 e. The average molecular weight is 313 g/mol.